The predicted molar refractivity (Wildman–Crippen MR) is 69.5 cm³/mol. The third-order valence-electron chi connectivity index (χ3n) is 3.44. The molecule has 0 bridgehead atoms. The topological polar surface area (TPSA) is 16.1 Å². The molecule has 0 aliphatic carbocycles. The van der Waals surface area contributed by atoms with Crippen LogP contribution >= 0.6 is 11.6 Å². The first kappa shape index (κ1) is 14.4. The van der Waals surface area contributed by atoms with Crippen molar-refractivity contribution in [3.8, 4) is 0 Å². The Morgan fingerprint density at radius 1 is 1.32 bits per heavy atom. The molecule has 2 nitrogen and oxygen atoms in total. The van der Waals surface area contributed by atoms with E-state index in [1.165, 1.54) is 0 Å². The molecule has 0 radical (unpaired) electrons. The monoisotopic (exact) mass is 292 g/mol. The van der Waals surface area contributed by atoms with Crippen LogP contribution in [-0.2, 0) is 6.18 Å². The van der Waals surface area contributed by atoms with E-state index in [1.54, 1.807) is 0 Å². The first-order valence-corrected chi connectivity index (χ1v) is 6.48. The van der Waals surface area contributed by atoms with Crippen LogP contribution in [0.5, 0.6) is 0 Å². The second kappa shape index (κ2) is 4.54. The summed E-state index contributed by atoms with van der Waals surface area (Å²) in [6, 6.07) is 1.20. The van der Waals surface area contributed by atoms with E-state index < -0.39 is 11.7 Å². The Hall–Kier alpha value is -0.970. The van der Waals surface area contributed by atoms with Crippen LogP contribution in [0, 0.1) is 5.41 Å². The zero-order chi connectivity index (χ0) is 14.4. The Kier molecular flexibility index (Phi) is 3.45. The van der Waals surface area contributed by atoms with E-state index in [4.69, 9.17) is 11.6 Å². The maximum atomic E-state index is 12.6. The van der Waals surface area contributed by atoms with Crippen LogP contribution in [0.4, 0.5) is 19.0 Å². The zero-order valence-corrected chi connectivity index (χ0v) is 11.8. The number of hydrogen-bond acceptors (Lipinski definition) is 2. The first-order chi connectivity index (χ1) is 8.60. The van der Waals surface area contributed by atoms with Gasteiger partial charge in [-0.05, 0) is 17.9 Å². The van der Waals surface area contributed by atoms with Crippen molar-refractivity contribution in [1.82, 2.24) is 4.98 Å². The molecule has 0 amide bonds. The van der Waals surface area contributed by atoms with Gasteiger partial charge >= 0.3 is 6.18 Å². The highest BCUT2D eigenvalue weighted by molar-refractivity contribution is 6.33. The van der Waals surface area contributed by atoms with Crippen LogP contribution in [0.15, 0.2) is 12.3 Å². The van der Waals surface area contributed by atoms with Gasteiger partial charge in [0, 0.05) is 18.8 Å². The summed E-state index contributed by atoms with van der Waals surface area (Å²) < 4.78 is 37.7. The van der Waals surface area contributed by atoms with Crippen LogP contribution in [0.2, 0.25) is 5.02 Å². The lowest BCUT2D eigenvalue weighted by Gasteiger charge is -2.49. The Labute approximate surface area is 115 Å². The minimum Gasteiger partial charge on any atom is -0.352 e. The van der Waals surface area contributed by atoms with Crippen molar-refractivity contribution in [3.05, 3.63) is 22.8 Å². The number of hydrogen-bond donors (Lipinski definition) is 0. The predicted octanol–water partition coefficient (Wildman–Crippen LogP) is 4.38. The van der Waals surface area contributed by atoms with Crippen LogP contribution in [0.1, 0.15) is 32.8 Å². The van der Waals surface area contributed by atoms with Crippen molar-refractivity contribution in [2.24, 2.45) is 5.41 Å². The second-order valence-corrected chi connectivity index (χ2v) is 6.30. The fraction of sp³-hybridized carbons (Fsp3) is 0.615. The number of nitrogens with zero attached hydrogens (tertiary/aromatic N) is 2. The molecular formula is C13H16ClF3N2. The highest BCUT2D eigenvalue weighted by Gasteiger charge is 2.39. The van der Waals surface area contributed by atoms with Gasteiger partial charge in [0.05, 0.1) is 10.6 Å². The third-order valence-corrected chi connectivity index (χ3v) is 3.72. The van der Waals surface area contributed by atoms with Crippen LogP contribution in [-0.4, -0.2) is 17.6 Å². The minimum absolute atomic E-state index is 0.0476. The van der Waals surface area contributed by atoms with Crippen molar-refractivity contribution in [2.75, 3.05) is 11.4 Å². The summed E-state index contributed by atoms with van der Waals surface area (Å²) in [6.07, 6.45) is -2.56. The Morgan fingerprint density at radius 3 is 2.32 bits per heavy atom. The van der Waals surface area contributed by atoms with Crippen LogP contribution < -0.4 is 4.90 Å². The van der Waals surface area contributed by atoms with Crippen LogP contribution in [0.25, 0.3) is 0 Å². The van der Waals surface area contributed by atoms with Crippen molar-refractivity contribution >= 4 is 17.4 Å². The van der Waals surface area contributed by atoms with E-state index in [1.807, 2.05) is 4.90 Å². The Bertz CT molecular complexity index is 480. The number of rotatable bonds is 1. The molecule has 2 heterocycles. The number of anilines is 1. The highest BCUT2D eigenvalue weighted by Crippen LogP contribution is 2.40. The van der Waals surface area contributed by atoms with Gasteiger partial charge in [-0.15, -0.1) is 0 Å². The number of halogens is 4. The van der Waals surface area contributed by atoms with Crippen molar-refractivity contribution < 1.29 is 13.2 Å². The van der Waals surface area contributed by atoms with E-state index in [-0.39, 0.29) is 16.5 Å². The average Bonchev–Trinajstić information content (AvgIpc) is 2.14. The lowest BCUT2D eigenvalue weighted by Crippen LogP contribution is -2.55. The maximum absolute atomic E-state index is 12.6. The summed E-state index contributed by atoms with van der Waals surface area (Å²) in [7, 11) is 0. The lowest BCUT2D eigenvalue weighted by molar-refractivity contribution is -0.137. The zero-order valence-electron chi connectivity index (χ0n) is 11.1. The fourth-order valence-corrected chi connectivity index (χ4v) is 2.61. The lowest BCUT2D eigenvalue weighted by atomic mass is 9.79. The van der Waals surface area contributed by atoms with Gasteiger partial charge in [0.2, 0.25) is 0 Å². The highest BCUT2D eigenvalue weighted by atomic mass is 35.5. The van der Waals surface area contributed by atoms with Gasteiger partial charge in [-0.25, -0.2) is 4.98 Å². The Morgan fingerprint density at radius 2 is 1.95 bits per heavy atom. The van der Waals surface area contributed by atoms with Gasteiger partial charge in [-0.2, -0.15) is 13.2 Å². The molecule has 1 aromatic heterocycles. The standard InChI is InChI=1S/C13H16ClF3N2/c1-12(2,3)10-4-5-19(10)11-9(14)6-8(7-18-11)13(15,16)17/h6-7,10H,4-5H2,1-3H3. The molecule has 0 saturated carbocycles. The molecule has 1 saturated heterocycles. The van der Waals surface area contributed by atoms with Crippen molar-refractivity contribution in [2.45, 2.75) is 39.4 Å². The van der Waals surface area contributed by atoms with Gasteiger partial charge in [-0.3, -0.25) is 0 Å². The molecule has 0 aromatic carbocycles. The van der Waals surface area contributed by atoms with E-state index in [0.29, 0.717) is 5.82 Å². The van der Waals surface area contributed by atoms with E-state index in [9.17, 15) is 13.2 Å². The average molecular weight is 293 g/mol. The summed E-state index contributed by atoms with van der Waals surface area (Å²) >= 11 is 5.95. The first-order valence-electron chi connectivity index (χ1n) is 6.10. The molecule has 0 N–H and O–H groups in total. The summed E-state index contributed by atoms with van der Waals surface area (Å²) in [5.41, 5.74) is -0.763. The number of pyridine rings is 1. The molecular weight excluding hydrogens is 277 g/mol. The van der Waals surface area contributed by atoms with E-state index in [2.05, 4.69) is 25.8 Å². The van der Waals surface area contributed by atoms with E-state index in [0.717, 1.165) is 25.2 Å². The third kappa shape index (κ3) is 2.81. The summed E-state index contributed by atoms with van der Waals surface area (Å²) in [5, 5.41) is 0.0591. The smallest absolute Gasteiger partial charge is 0.352 e. The van der Waals surface area contributed by atoms with Crippen molar-refractivity contribution in [3.63, 3.8) is 0 Å². The number of alkyl halides is 3. The fourth-order valence-electron chi connectivity index (χ4n) is 2.34. The summed E-state index contributed by atoms with van der Waals surface area (Å²) in [6.45, 7) is 7.07. The molecule has 2 rings (SSSR count). The van der Waals surface area contributed by atoms with Gasteiger partial charge in [0.25, 0.3) is 0 Å². The maximum Gasteiger partial charge on any atom is 0.417 e. The molecule has 1 aliphatic heterocycles. The molecule has 0 spiro atoms. The quantitative estimate of drug-likeness (QED) is 0.763. The van der Waals surface area contributed by atoms with Gasteiger partial charge in [-0.1, -0.05) is 32.4 Å². The van der Waals surface area contributed by atoms with Gasteiger partial charge in [0.15, 0.2) is 0 Å². The van der Waals surface area contributed by atoms with Gasteiger partial charge < -0.3 is 4.90 Å². The molecule has 106 valence electrons. The largest absolute Gasteiger partial charge is 0.417 e. The molecule has 1 unspecified atom stereocenters. The van der Waals surface area contributed by atoms with Gasteiger partial charge in [0.1, 0.15) is 5.82 Å². The second-order valence-electron chi connectivity index (χ2n) is 5.89. The SMILES string of the molecule is CC(C)(C)C1CCN1c1ncc(C(F)(F)F)cc1Cl. The number of aromatic nitrogens is 1. The molecule has 1 aromatic rings. The summed E-state index contributed by atoms with van der Waals surface area (Å²) in [5.74, 6) is 0.445. The normalized spacial score (nSPS) is 20.4. The molecule has 6 heteroatoms. The molecule has 1 atom stereocenters. The molecule has 19 heavy (non-hydrogen) atoms. The van der Waals surface area contributed by atoms with Crippen LogP contribution in [0.3, 0.4) is 0 Å². The molecule has 1 fully saturated rings. The molecule has 1 aliphatic rings. The van der Waals surface area contributed by atoms with E-state index >= 15 is 0 Å². The Balaban J connectivity index is 2.28. The summed E-state index contributed by atoms with van der Waals surface area (Å²) in [4.78, 5) is 5.88. The van der Waals surface area contributed by atoms with Crippen molar-refractivity contribution in [1.29, 1.82) is 0 Å². The minimum atomic E-state index is -4.41.